The number of nitrogens with one attached hydrogen (secondary N) is 3. The first kappa shape index (κ1) is 18.7. The zero-order chi connectivity index (χ0) is 21.0. The molecule has 0 saturated carbocycles. The molecule has 30 heavy (non-hydrogen) atoms. The molecule has 0 radical (unpaired) electrons. The number of rotatable bonds is 3. The summed E-state index contributed by atoms with van der Waals surface area (Å²) in [5, 5.41) is 14.4. The smallest absolute Gasteiger partial charge is 0.163 e. The summed E-state index contributed by atoms with van der Waals surface area (Å²) in [6.45, 7) is 7.85. The minimum atomic E-state index is -0.315. The van der Waals surface area contributed by atoms with Crippen molar-refractivity contribution in [3.8, 4) is 0 Å². The second-order valence-corrected chi connectivity index (χ2v) is 8.22. The topological polar surface area (TPSA) is 99.3 Å². The molecule has 1 saturated heterocycles. The van der Waals surface area contributed by atoms with E-state index in [4.69, 9.17) is 5.73 Å². The number of halogens is 1. The van der Waals surface area contributed by atoms with Crippen LogP contribution in [0, 0.1) is 12.7 Å². The number of fused-ring (bicyclic) bond motifs is 2. The van der Waals surface area contributed by atoms with Gasteiger partial charge in [-0.25, -0.2) is 9.37 Å². The molecule has 5 N–H and O–H groups in total. The number of aromatic nitrogens is 4. The number of nitrogens with zero attached hydrogens (tertiary/aromatic N) is 4. The van der Waals surface area contributed by atoms with Crippen LogP contribution in [0.3, 0.4) is 0 Å². The predicted octanol–water partition coefficient (Wildman–Crippen LogP) is 3.17. The van der Waals surface area contributed by atoms with Crippen LogP contribution in [0.4, 0.5) is 27.3 Å². The number of nitrogen functional groups attached to an aromatic ring is 1. The summed E-state index contributed by atoms with van der Waals surface area (Å²) in [6, 6.07) is 6.01. The minimum Gasteiger partial charge on any atom is -0.396 e. The lowest BCUT2D eigenvalue weighted by molar-refractivity contribution is 0.407. The monoisotopic (exact) mass is 408 g/mol. The molecule has 0 bridgehead atoms. The largest absolute Gasteiger partial charge is 0.396 e. The molecule has 0 aliphatic carbocycles. The lowest BCUT2D eigenvalue weighted by Gasteiger charge is -2.37. The fraction of sp³-hybridized carbons (Fsp3) is 0.333. The van der Waals surface area contributed by atoms with Gasteiger partial charge in [-0.3, -0.25) is 5.10 Å². The Balaban J connectivity index is 1.49. The van der Waals surface area contributed by atoms with E-state index in [0.717, 1.165) is 24.5 Å². The first-order valence-corrected chi connectivity index (χ1v) is 10.1. The third-order valence-electron chi connectivity index (χ3n) is 5.49. The normalized spacial score (nSPS) is 19.7. The van der Waals surface area contributed by atoms with Crippen LogP contribution < -0.4 is 21.3 Å². The molecule has 1 fully saturated rings. The number of anilines is 4. The maximum atomic E-state index is 15.1. The van der Waals surface area contributed by atoms with Crippen LogP contribution in [-0.2, 0) is 0 Å². The Kier molecular flexibility index (Phi) is 4.28. The van der Waals surface area contributed by atoms with Crippen molar-refractivity contribution in [1.82, 2.24) is 24.9 Å². The zero-order valence-electron chi connectivity index (χ0n) is 17.2. The molecule has 156 valence electrons. The Morgan fingerprint density at radius 3 is 2.70 bits per heavy atom. The summed E-state index contributed by atoms with van der Waals surface area (Å²) in [6.07, 6.45) is 3.75. The first-order valence-electron chi connectivity index (χ1n) is 10.1. The van der Waals surface area contributed by atoms with Crippen LogP contribution in [0.1, 0.15) is 19.5 Å². The van der Waals surface area contributed by atoms with Crippen molar-refractivity contribution >= 4 is 39.4 Å². The van der Waals surface area contributed by atoms with Crippen LogP contribution >= 0.6 is 0 Å². The van der Waals surface area contributed by atoms with Gasteiger partial charge in [0.25, 0.3) is 0 Å². The van der Waals surface area contributed by atoms with Gasteiger partial charge >= 0.3 is 0 Å². The van der Waals surface area contributed by atoms with Gasteiger partial charge in [-0.05, 0) is 39.0 Å². The van der Waals surface area contributed by atoms with Crippen LogP contribution in [0.15, 0.2) is 30.6 Å². The molecule has 0 amide bonds. The quantitative estimate of drug-likeness (QED) is 0.416. The number of H-pyrrole nitrogens is 1. The summed E-state index contributed by atoms with van der Waals surface area (Å²) in [5.41, 5.74) is 10.5. The fourth-order valence-electron chi connectivity index (χ4n) is 4.36. The molecular weight excluding hydrogens is 383 g/mol. The summed E-state index contributed by atoms with van der Waals surface area (Å²) in [4.78, 5) is 6.61. The second kappa shape index (κ2) is 6.88. The van der Waals surface area contributed by atoms with E-state index in [0.29, 0.717) is 45.8 Å². The van der Waals surface area contributed by atoms with Gasteiger partial charge in [0.05, 0.1) is 28.0 Å². The van der Waals surface area contributed by atoms with E-state index >= 15 is 4.39 Å². The number of hydrogen-bond donors (Lipinski definition) is 4. The van der Waals surface area contributed by atoms with Crippen LogP contribution in [-0.4, -0.2) is 44.8 Å². The van der Waals surface area contributed by atoms with Crippen LogP contribution in [0.25, 0.3) is 16.6 Å². The number of pyridine rings is 1. The van der Waals surface area contributed by atoms with E-state index in [-0.39, 0.29) is 5.82 Å². The van der Waals surface area contributed by atoms with Gasteiger partial charge in [0, 0.05) is 43.3 Å². The molecule has 4 heterocycles. The van der Waals surface area contributed by atoms with Crippen molar-refractivity contribution in [2.24, 2.45) is 0 Å². The average molecular weight is 408 g/mol. The third kappa shape index (κ3) is 3.21. The lowest BCUT2D eigenvalue weighted by atomic mass is 10.1. The maximum absolute atomic E-state index is 15.1. The molecule has 1 aliphatic rings. The Hall–Kier alpha value is -3.33. The number of aryl methyl sites for hydroxylation is 1. The number of aromatic amines is 1. The number of nitrogens with two attached hydrogens (primary N) is 1. The second-order valence-electron chi connectivity index (χ2n) is 8.22. The molecule has 9 heteroatoms. The Morgan fingerprint density at radius 1 is 1.17 bits per heavy atom. The summed E-state index contributed by atoms with van der Waals surface area (Å²) >= 11 is 0. The van der Waals surface area contributed by atoms with Gasteiger partial charge in [-0.15, -0.1) is 0 Å². The van der Waals surface area contributed by atoms with E-state index in [2.05, 4.69) is 44.6 Å². The SMILES string of the molecule is Cc1cn2cc(Nc3n[nH]c4cc(N5C[C@@H](C)N[C@H](C)C5)cc(F)c34)cc(N)c2n1. The van der Waals surface area contributed by atoms with Crippen molar-refractivity contribution in [1.29, 1.82) is 0 Å². The van der Waals surface area contributed by atoms with Crippen molar-refractivity contribution in [2.45, 2.75) is 32.9 Å². The predicted molar refractivity (Wildman–Crippen MR) is 118 cm³/mol. The highest BCUT2D eigenvalue weighted by atomic mass is 19.1. The van der Waals surface area contributed by atoms with Crippen molar-refractivity contribution in [3.63, 3.8) is 0 Å². The van der Waals surface area contributed by atoms with Gasteiger partial charge in [0.15, 0.2) is 11.5 Å². The molecule has 5 rings (SSSR count). The molecule has 3 aromatic heterocycles. The maximum Gasteiger partial charge on any atom is 0.163 e. The van der Waals surface area contributed by atoms with Gasteiger partial charge in [-0.2, -0.15) is 5.10 Å². The molecule has 8 nitrogen and oxygen atoms in total. The fourth-order valence-corrected chi connectivity index (χ4v) is 4.36. The zero-order valence-corrected chi connectivity index (χ0v) is 17.2. The van der Waals surface area contributed by atoms with Gasteiger partial charge < -0.3 is 25.7 Å². The highest BCUT2D eigenvalue weighted by Crippen LogP contribution is 2.32. The molecule has 0 unspecified atom stereocenters. The highest BCUT2D eigenvalue weighted by Gasteiger charge is 2.23. The Labute approximate surface area is 173 Å². The van der Waals surface area contributed by atoms with Gasteiger partial charge in [0.2, 0.25) is 0 Å². The Bertz CT molecular complexity index is 1230. The minimum absolute atomic E-state index is 0.315. The Morgan fingerprint density at radius 2 is 1.93 bits per heavy atom. The molecule has 2 atom stereocenters. The summed E-state index contributed by atoms with van der Waals surface area (Å²) in [5.74, 6) is 0.108. The standard InChI is InChI=1S/C21H25FN8/c1-11-7-29(8-12(2)24-11)15-5-16(22)19-18(6-15)27-28-20(19)26-14-4-17(23)21-25-13(3)9-30(21)10-14/h4-6,9-12,24H,7-8,23H2,1-3H3,(H2,26,27,28)/t11-,12-/m1/s1. The highest BCUT2D eigenvalue weighted by molar-refractivity contribution is 5.94. The average Bonchev–Trinajstić information content (AvgIpc) is 3.24. The van der Waals surface area contributed by atoms with E-state index in [1.807, 2.05) is 29.8 Å². The number of hydrogen-bond acceptors (Lipinski definition) is 6. The van der Waals surface area contributed by atoms with Crippen LogP contribution in [0.2, 0.25) is 0 Å². The first-order chi connectivity index (χ1) is 14.4. The van der Waals surface area contributed by atoms with E-state index in [1.54, 1.807) is 12.1 Å². The molecule has 0 spiro atoms. The van der Waals surface area contributed by atoms with Crippen molar-refractivity contribution in [2.75, 3.05) is 29.0 Å². The molecule has 1 aliphatic heterocycles. The summed E-state index contributed by atoms with van der Waals surface area (Å²) in [7, 11) is 0. The number of benzene rings is 1. The number of piperazine rings is 1. The molecule has 1 aromatic carbocycles. The third-order valence-corrected chi connectivity index (χ3v) is 5.49. The molecular formula is C21H25FN8. The van der Waals surface area contributed by atoms with Gasteiger partial charge in [-0.1, -0.05) is 0 Å². The van der Waals surface area contributed by atoms with Gasteiger partial charge in [0.1, 0.15) is 5.82 Å². The lowest BCUT2D eigenvalue weighted by Crippen LogP contribution is -2.54. The van der Waals surface area contributed by atoms with E-state index in [1.165, 1.54) is 0 Å². The van der Waals surface area contributed by atoms with E-state index in [9.17, 15) is 0 Å². The van der Waals surface area contributed by atoms with Crippen LogP contribution in [0.5, 0.6) is 0 Å². The van der Waals surface area contributed by atoms with Crippen molar-refractivity contribution in [3.05, 3.63) is 42.1 Å². The van der Waals surface area contributed by atoms with Crippen molar-refractivity contribution < 1.29 is 4.39 Å². The van der Waals surface area contributed by atoms with E-state index < -0.39 is 0 Å². The number of imidazole rings is 1. The summed E-state index contributed by atoms with van der Waals surface area (Å²) < 4.78 is 17.0. The molecule has 4 aromatic rings.